The van der Waals surface area contributed by atoms with Crippen LogP contribution in [0.3, 0.4) is 0 Å². The Kier molecular flexibility index (Phi) is 9.74. The van der Waals surface area contributed by atoms with Crippen LogP contribution in [0.5, 0.6) is 0 Å². The highest BCUT2D eigenvalue weighted by atomic mass is 16.4. The molecule has 0 radical (unpaired) electrons. The molecule has 2 N–H and O–H groups in total. The van der Waals surface area contributed by atoms with Gasteiger partial charge < -0.3 is 10.2 Å². The average Bonchev–Trinajstić information content (AvgIpc) is 2.99. The second-order valence-corrected chi connectivity index (χ2v) is 7.90. The first-order valence-corrected chi connectivity index (χ1v) is 11.5. The maximum Gasteiger partial charge on any atom is 0.450 e. The number of carboxylic acid groups (broad SMARTS) is 2. The van der Waals surface area contributed by atoms with Gasteiger partial charge in [0.1, 0.15) is 0 Å². The highest BCUT2D eigenvalue weighted by molar-refractivity contribution is 6.51. The second-order valence-electron chi connectivity index (χ2n) is 7.90. The van der Waals surface area contributed by atoms with Gasteiger partial charge in [-0.1, -0.05) is 119 Å². The molecule has 0 aromatic heterocycles. The van der Waals surface area contributed by atoms with Crippen molar-refractivity contribution >= 4 is 35.3 Å². The van der Waals surface area contributed by atoms with Crippen LogP contribution in [0.15, 0.2) is 119 Å². The Morgan fingerprint density at radius 2 is 0.700 bits per heavy atom. The van der Waals surface area contributed by atoms with Crippen LogP contribution >= 0.6 is 0 Å². The molecule has 10 heteroatoms. The molecule has 0 unspecified atom stereocenters. The number of nitrogens with zero attached hydrogens (tertiary/aromatic N) is 2. The molecule has 0 aliphatic rings. The Hall–Kier alpha value is -5.90. The number of hydrogen-bond acceptors (Lipinski definition) is 6. The van der Waals surface area contributed by atoms with E-state index in [1.165, 1.54) is 0 Å². The van der Waals surface area contributed by atoms with Crippen LogP contribution < -0.4 is 0 Å². The number of azo groups is 1. The number of rotatable bonds is 7. The topological polar surface area (TPSA) is 168 Å². The summed E-state index contributed by atoms with van der Waals surface area (Å²) in [6.45, 7) is 0. The van der Waals surface area contributed by atoms with Crippen LogP contribution in [0.4, 0.5) is 9.59 Å². The second kappa shape index (κ2) is 13.6. The van der Waals surface area contributed by atoms with Crippen LogP contribution in [-0.4, -0.2) is 45.5 Å². The predicted molar refractivity (Wildman–Crippen MR) is 143 cm³/mol. The number of carbonyl (C=O) groups excluding carboxylic acids is 4. The molecular formula is C30H20N2O8. The maximum absolute atomic E-state index is 13.1. The molecule has 4 rings (SSSR count). The van der Waals surface area contributed by atoms with Gasteiger partial charge in [0, 0.05) is 22.3 Å². The smallest absolute Gasteiger partial charge is 0.450 e. The first-order chi connectivity index (χ1) is 19.2. The van der Waals surface area contributed by atoms with Gasteiger partial charge in [-0.05, 0) is 11.1 Å². The molecule has 4 aromatic rings. The predicted octanol–water partition coefficient (Wildman–Crippen LogP) is 6.28. The van der Waals surface area contributed by atoms with E-state index in [1.54, 1.807) is 109 Å². The molecule has 10 nitrogen and oxygen atoms in total. The Balaban J connectivity index is 0.000000482. The zero-order valence-corrected chi connectivity index (χ0v) is 20.6. The van der Waals surface area contributed by atoms with Crippen molar-refractivity contribution in [3.8, 4) is 11.1 Å². The summed E-state index contributed by atoms with van der Waals surface area (Å²) in [6.07, 6.45) is -3.24. The zero-order chi connectivity index (χ0) is 29.1. The molecular weight excluding hydrogens is 516 g/mol. The van der Waals surface area contributed by atoms with E-state index in [2.05, 4.69) is 10.2 Å². The largest absolute Gasteiger partial charge is 0.462 e. The van der Waals surface area contributed by atoms with Crippen LogP contribution in [0.1, 0.15) is 41.4 Å². The fraction of sp³-hybridized carbons (Fsp3) is 0. The maximum atomic E-state index is 13.1. The number of Topliss-reactive ketones (excluding diaryl/α,β-unsaturated/α-hetero) is 4. The number of carbonyl (C=O) groups is 6. The van der Waals surface area contributed by atoms with Crippen molar-refractivity contribution in [3.05, 3.63) is 131 Å². The summed E-state index contributed by atoms with van der Waals surface area (Å²) in [5, 5.41) is 19.8. The minimum Gasteiger partial charge on any atom is -0.462 e. The van der Waals surface area contributed by atoms with E-state index in [1.807, 2.05) is 0 Å². The van der Waals surface area contributed by atoms with Gasteiger partial charge >= 0.3 is 12.2 Å². The molecule has 0 atom stereocenters. The average molecular weight is 536 g/mol. The fourth-order valence-corrected chi connectivity index (χ4v) is 3.60. The van der Waals surface area contributed by atoms with Crippen molar-refractivity contribution in [1.29, 1.82) is 0 Å². The fourth-order valence-electron chi connectivity index (χ4n) is 3.60. The minimum absolute atomic E-state index is 0.175. The number of amides is 2. The highest BCUT2D eigenvalue weighted by Crippen LogP contribution is 2.29. The molecule has 0 saturated carbocycles. The summed E-state index contributed by atoms with van der Waals surface area (Å²) in [5.41, 5.74) is 1.77. The highest BCUT2D eigenvalue weighted by Gasteiger charge is 2.25. The first kappa shape index (κ1) is 28.7. The third-order valence-corrected chi connectivity index (χ3v) is 5.34. The third kappa shape index (κ3) is 7.33. The van der Waals surface area contributed by atoms with Crippen molar-refractivity contribution in [1.82, 2.24) is 0 Å². The summed E-state index contributed by atoms with van der Waals surface area (Å²) in [7, 11) is 0. The van der Waals surface area contributed by atoms with Crippen molar-refractivity contribution < 1.29 is 39.0 Å². The SMILES string of the molecule is O=C(C(=O)c1ccccc1-c1ccccc1C(=O)C(=O)c1ccccc1)c1ccccc1.O=C(O)N=NC(=O)O. The van der Waals surface area contributed by atoms with Crippen molar-refractivity contribution in [2.24, 2.45) is 10.2 Å². The van der Waals surface area contributed by atoms with E-state index in [0.29, 0.717) is 11.1 Å². The van der Waals surface area contributed by atoms with Gasteiger partial charge in [-0.25, -0.2) is 9.59 Å². The van der Waals surface area contributed by atoms with E-state index < -0.39 is 35.3 Å². The number of ketones is 4. The molecule has 0 aliphatic heterocycles. The summed E-state index contributed by atoms with van der Waals surface area (Å²) < 4.78 is 0. The van der Waals surface area contributed by atoms with Crippen LogP contribution in [-0.2, 0) is 0 Å². The van der Waals surface area contributed by atoms with Gasteiger partial charge in [0.05, 0.1) is 0 Å². The number of benzene rings is 4. The molecule has 0 aliphatic carbocycles. The van der Waals surface area contributed by atoms with Gasteiger partial charge in [0.25, 0.3) is 0 Å². The first-order valence-electron chi connectivity index (χ1n) is 11.5. The lowest BCUT2D eigenvalue weighted by atomic mass is 9.88. The van der Waals surface area contributed by atoms with Gasteiger partial charge in [-0.15, -0.1) is 0 Å². The standard InChI is InChI=1S/C28H18O4.C2H2N2O4/c29-25(19-11-3-1-4-12-19)27(31)23-17-9-7-15-21(23)22-16-8-10-18-24(22)28(32)26(30)20-13-5-2-6-14-20;5-1(6)3-4-2(7)8/h1-18H;(H,5,6)(H,7,8). The van der Waals surface area contributed by atoms with Crippen molar-refractivity contribution in [2.45, 2.75) is 0 Å². The minimum atomic E-state index is -1.62. The van der Waals surface area contributed by atoms with Crippen LogP contribution in [0.2, 0.25) is 0 Å². The lowest BCUT2D eigenvalue weighted by Gasteiger charge is -2.12. The Morgan fingerprint density at radius 1 is 0.400 bits per heavy atom. The molecule has 0 heterocycles. The van der Waals surface area contributed by atoms with E-state index in [0.717, 1.165) is 0 Å². The Labute approximate surface area is 227 Å². The molecule has 40 heavy (non-hydrogen) atoms. The molecule has 4 aromatic carbocycles. The quantitative estimate of drug-likeness (QED) is 0.158. The van der Waals surface area contributed by atoms with E-state index in [4.69, 9.17) is 10.2 Å². The molecule has 0 spiro atoms. The van der Waals surface area contributed by atoms with E-state index in [9.17, 15) is 28.8 Å². The lowest BCUT2D eigenvalue weighted by Crippen LogP contribution is -2.17. The molecule has 198 valence electrons. The van der Waals surface area contributed by atoms with Crippen LogP contribution in [0.25, 0.3) is 11.1 Å². The molecule has 0 bridgehead atoms. The van der Waals surface area contributed by atoms with Gasteiger partial charge in [0.15, 0.2) is 0 Å². The monoisotopic (exact) mass is 536 g/mol. The summed E-state index contributed by atoms with van der Waals surface area (Å²) in [6, 6.07) is 29.8. The van der Waals surface area contributed by atoms with Gasteiger partial charge in [-0.3, -0.25) is 19.2 Å². The summed E-state index contributed by atoms with van der Waals surface area (Å²) in [4.78, 5) is 70.4. The molecule has 0 saturated heterocycles. The third-order valence-electron chi connectivity index (χ3n) is 5.34. The summed E-state index contributed by atoms with van der Waals surface area (Å²) >= 11 is 0. The van der Waals surface area contributed by atoms with Gasteiger partial charge in [0.2, 0.25) is 23.1 Å². The molecule has 0 fully saturated rings. The zero-order valence-electron chi connectivity index (χ0n) is 20.6. The Morgan fingerprint density at radius 3 is 1.02 bits per heavy atom. The normalized spacial score (nSPS) is 10.2. The van der Waals surface area contributed by atoms with Crippen molar-refractivity contribution in [3.63, 3.8) is 0 Å². The van der Waals surface area contributed by atoms with E-state index in [-0.39, 0.29) is 22.3 Å². The Bertz CT molecular complexity index is 1490. The lowest BCUT2D eigenvalue weighted by molar-refractivity contribution is 0.0816. The van der Waals surface area contributed by atoms with E-state index >= 15 is 0 Å². The van der Waals surface area contributed by atoms with Gasteiger partial charge in [-0.2, -0.15) is 0 Å². The van der Waals surface area contributed by atoms with Crippen LogP contribution in [0, 0.1) is 0 Å². The molecule has 2 amide bonds. The summed E-state index contributed by atoms with van der Waals surface area (Å²) in [5.74, 6) is -2.63. The van der Waals surface area contributed by atoms with Crippen molar-refractivity contribution in [2.75, 3.05) is 0 Å². The number of hydrogen-bond donors (Lipinski definition) is 2.